The number of furan rings is 1. The van der Waals surface area contributed by atoms with Gasteiger partial charge in [-0.25, -0.2) is 0 Å². The molecule has 0 amide bonds. The van der Waals surface area contributed by atoms with Crippen LogP contribution in [0.4, 0.5) is 0 Å². The monoisotopic (exact) mass is 273 g/mol. The van der Waals surface area contributed by atoms with Gasteiger partial charge in [0.05, 0.1) is 0 Å². The molecular formula is C8H8BrN3OS. The van der Waals surface area contributed by atoms with E-state index in [0.717, 1.165) is 5.76 Å². The van der Waals surface area contributed by atoms with E-state index < -0.39 is 0 Å². The molecular weight excluding hydrogens is 266 g/mol. The third kappa shape index (κ3) is 4.20. The Labute approximate surface area is 95.0 Å². The van der Waals surface area contributed by atoms with Crippen LogP contribution in [-0.2, 0) is 0 Å². The molecule has 1 heterocycles. The van der Waals surface area contributed by atoms with Crippen LogP contribution in [0.15, 0.2) is 32.4 Å². The van der Waals surface area contributed by atoms with E-state index >= 15 is 0 Å². The van der Waals surface area contributed by atoms with Gasteiger partial charge >= 0.3 is 0 Å². The largest absolute Gasteiger partial charge is 0.450 e. The Morgan fingerprint density at radius 3 is 3.00 bits per heavy atom. The molecule has 0 spiro atoms. The van der Waals surface area contributed by atoms with Crippen LogP contribution in [0.2, 0.25) is 0 Å². The highest BCUT2D eigenvalue weighted by atomic mass is 79.9. The molecule has 0 aromatic carbocycles. The van der Waals surface area contributed by atoms with Crippen LogP contribution in [-0.4, -0.2) is 11.3 Å². The highest BCUT2D eigenvalue weighted by Crippen LogP contribution is 2.14. The maximum absolute atomic E-state index is 5.21. The van der Waals surface area contributed by atoms with Crippen molar-refractivity contribution in [2.45, 2.75) is 0 Å². The lowest BCUT2D eigenvalue weighted by molar-refractivity contribution is 0.531. The van der Waals surface area contributed by atoms with Crippen molar-refractivity contribution in [1.82, 2.24) is 5.43 Å². The SMILES string of the molecule is NC(=S)N/N=C/C=C/c1ccc(Br)o1. The first-order valence-corrected chi connectivity index (χ1v) is 4.89. The lowest BCUT2D eigenvalue weighted by atomic mass is 10.4. The smallest absolute Gasteiger partial charge is 0.184 e. The summed E-state index contributed by atoms with van der Waals surface area (Å²) in [6, 6.07) is 3.64. The summed E-state index contributed by atoms with van der Waals surface area (Å²) in [5.74, 6) is 0.735. The zero-order chi connectivity index (χ0) is 10.4. The molecule has 74 valence electrons. The molecule has 1 aromatic rings. The lowest BCUT2D eigenvalue weighted by Gasteiger charge is -1.90. The van der Waals surface area contributed by atoms with Crippen molar-refractivity contribution in [2.75, 3.05) is 0 Å². The number of hydrogen-bond donors (Lipinski definition) is 2. The molecule has 4 nitrogen and oxygen atoms in total. The predicted octanol–water partition coefficient (Wildman–Crippen LogP) is 1.87. The molecule has 0 radical (unpaired) electrons. The minimum atomic E-state index is 0.135. The lowest BCUT2D eigenvalue weighted by Crippen LogP contribution is -2.23. The number of hydrazone groups is 1. The first-order valence-electron chi connectivity index (χ1n) is 3.69. The van der Waals surface area contributed by atoms with Gasteiger partial charge in [-0.3, -0.25) is 5.43 Å². The third-order valence-corrected chi connectivity index (χ3v) is 1.71. The van der Waals surface area contributed by atoms with E-state index in [1.807, 2.05) is 12.1 Å². The molecule has 0 aliphatic rings. The summed E-state index contributed by atoms with van der Waals surface area (Å²) >= 11 is 7.74. The number of rotatable bonds is 3. The second kappa shape index (κ2) is 5.56. The number of thiocarbonyl (C=S) groups is 1. The first kappa shape index (κ1) is 10.9. The minimum absolute atomic E-state index is 0.135. The van der Waals surface area contributed by atoms with Crippen molar-refractivity contribution in [3.8, 4) is 0 Å². The van der Waals surface area contributed by atoms with Crippen molar-refractivity contribution < 1.29 is 4.42 Å². The summed E-state index contributed by atoms with van der Waals surface area (Å²) < 4.78 is 5.90. The summed E-state index contributed by atoms with van der Waals surface area (Å²) in [5, 5.41) is 3.85. The van der Waals surface area contributed by atoms with Crippen molar-refractivity contribution in [1.29, 1.82) is 0 Å². The third-order valence-electron chi connectivity index (χ3n) is 1.19. The van der Waals surface area contributed by atoms with Crippen molar-refractivity contribution in [3.05, 3.63) is 28.6 Å². The molecule has 0 saturated heterocycles. The maximum atomic E-state index is 5.21. The Morgan fingerprint density at radius 2 is 2.43 bits per heavy atom. The van der Waals surface area contributed by atoms with Gasteiger partial charge in [-0.2, -0.15) is 5.10 Å². The molecule has 3 N–H and O–H groups in total. The Morgan fingerprint density at radius 1 is 1.64 bits per heavy atom. The van der Waals surface area contributed by atoms with E-state index in [1.54, 1.807) is 12.2 Å². The fourth-order valence-electron chi connectivity index (χ4n) is 0.700. The van der Waals surface area contributed by atoms with E-state index in [-0.39, 0.29) is 5.11 Å². The molecule has 1 aromatic heterocycles. The minimum Gasteiger partial charge on any atom is -0.450 e. The molecule has 1 rings (SSSR count). The average Bonchev–Trinajstić information content (AvgIpc) is 2.50. The fraction of sp³-hybridized carbons (Fsp3) is 0. The highest BCUT2D eigenvalue weighted by molar-refractivity contribution is 9.10. The summed E-state index contributed by atoms with van der Waals surface area (Å²) in [7, 11) is 0. The van der Waals surface area contributed by atoms with Crippen LogP contribution in [0.25, 0.3) is 6.08 Å². The molecule has 0 bridgehead atoms. The summed E-state index contributed by atoms with van der Waals surface area (Å²) in [5.41, 5.74) is 7.57. The summed E-state index contributed by atoms with van der Waals surface area (Å²) in [6.45, 7) is 0. The Kier molecular flexibility index (Phi) is 4.34. The van der Waals surface area contributed by atoms with Gasteiger partial charge in [-0.1, -0.05) is 0 Å². The van der Waals surface area contributed by atoms with Gasteiger partial charge in [-0.05, 0) is 52.4 Å². The van der Waals surface area contributed by atoms with Gasteiger partial charge in [0.2, 0.25) is 0 Å². The molecule has 0 aliphatic carbocycles. The van der Waals surface area contributed by atoms with Crippen LogP contribution in [0.3, 0.4) is 0 Å². The molecule has 6 heteroatoms. The number of halogens is 1. The molecule has 14 heavy (non-hydrogen) atoms. The zero-order valence-electron chi connectivity index (χ0n) is 7.11. The summed E-state index contributed by atoms with van der Waals surface area (Å²) in [6.07, 6.45) is 4.99. The van der Waals surface area contributed by atoms with Gasteiger partial charge in [0.15, 0.2) is 9.78 Å². The zero-order valence-corrected chi connectivity index (χ0v) is 9.51. The summed E-state index contributed by atoms with van der Waals surface area (Å²) in [4.78, 5) is 0. The normalized spacial score (nSPS) is 11.2. The first-order chi connectivity index (χ1) is 6.68. The number of allylic oxidation sites excluding steroid dienone is 1. The molecule has 0 aliphatic heterocycles. The molecule has 0 saturated carbocycles. The van der Waals surface area contributed by atoms with Gasteiger partial charge in [-0.15, -0.1) is 0 Å². The van der Waals surface area contributed by atoms with E-state index in [9.17, 15) is 0 Å². The van der Waals surface area contributed by atoms with Crippen LogP contribution in [0.1, 0.15) is 5.76 Å². The van der Waals surface area contributed by atoms with Crippen LogP contribution < -0.4 is 11.2 Å². The van der Waals surface area contributed by atoms with Crippen molar-refractivity contribution in [2.24, 2.45) is 10.8 Å². The topological polar surface area (TPSA) is 63.5 Å². The van der Waals surface area contributed by atoms with Crippen LogP contribution >= 0.6 is 28.1 Å². The maximum Gasteiger partial charge on any atom is 0.184 e. The Bertz CT molecular complexity index is 372. The highest BCUT2D eigenvalue weighted by Gasteiger charge is 1.91. The quantitative estimate of drug-likeness (QED) is 0.502. The standard InChI is InChI=1S/C8H8BrN3OS/c9-7-4-3-6(13-7)2-1-5-11-12-8(10)14/h1-5H,(H3,10,12,14)/b2-1+,11-5+. The number of hydrogen-bond acceptors (Lipinski definition) is 3. The van der Waals surface area contributed by atoms with Gasteiger partial charge < -0.3 is 10.2 Å². The Balaban J connectivity index is 2.41. The second-order valence-corrected chi connectivity index (χ2v) is 3.48. The Hall–Kier alpha value is -1.14. The van der Waals surface area contributed by atoms with Gasteiger partial charge in [0.25, 0.3) is 0 Å². The van der Waals surface area contributed by atoms with Crippen LogP contribution in [0.5, 0.6) is 0 Å². The van der Waals surface area contributed by atoms with Gasteiger partial charge in [0, 0.05) is 6.21 Å². The fourth-order valence-corrected chi connectivity index (χ4v) is 1.07. The van der Waals surface area contributed by atoms with Crippen LogP contribution in [0, 0.1) is 0 Å². The van der Waals surface area contributed by atoms with Gasteiger partial charge in [0.1, 0.15) is 5.76 Å². The van der Waals surface area contributed by atoms with E-state index in [4.69, 9.17) is 10.2 Å². The average molecular weight is 274 g/mol. The predicted molar refractivity (Wildman–Crippen MR) is 63.9 cm³/mol. The number of nitrogens with zero attached hydrogens (tertiary/aromatic N) is 1. The van der Waals surface area contributed by atoms with E-state index in [0.29, 0.717) is 4.67 Å². The van der Waals surface area contributed by atoms with E-state index in [1.165, 1.54) is 6.21 Å². The van der Waals surface area contributed by atoms with Crippen molar-refractivity contribution >= 4 is 45.6 Å². The molecule has 0 fully saturated rings. The number of nitrogens with two attached hydrogens (primary N) is 1. The molecule has 0 unspecified atom stereocenters. The van der Waals surface area contributed by atoms with E-state index in [2.05, 4.69) is 38.7 Å². The second-order valence-electron chi connectivity index (χ2n) is 2.26. The molecule has 0 atom stereocenters. The van der Waals surface area contributed by atoms with Crippen molar-refractivity contribution in [3.63, 3.8) is 0 Å². The number of nitrogens with one attached hydrogen (secondary N) is 1.